The fraction of sp³-hybridized carbons (Fsp3) is 0.250. The van der Waals surface area contributed by atoms with E-state index in [0.29, 0.717) is 6.42 Å². The number of Topliss-reactive ketones (excluding diaryl/α,β-unsaturated/α-hetero) is 1. The number of ether oxygens (including phenoxy) is 1. The van der Waals surface area contributed by atoms with Gasteiger partial charge in [-0.25, -0.2) is 0 Å². The summed E-state index contributed by atoms with van der Waals surface area (Å²) in [6.45, 7) is 1.73. The van der Waals surface area contributed by atoms with Crippen LogP contribution in [0.25, 0.3) is 21.5 Å². The lowest BCUT2D eigenvalue weighted by Gasteiger charge is -2.29. The van der Waals surface area contributed by atoms with Crippen LogP contribution in [-0.2, 0) is 6.42 Å². The molecule has 0 aromatic heterocycles. The number of carbonyl (C=O) groups excluding carboxylic acids is 1. The van der Waals surface area contributed by atoms with Crippen molar-refractivity contribution in [3.8, 4) is 5.75 Å². The van der Waals surface area contributed by atoms with Gasteiger partial charge < -0.3 is 9.84 Å². The van der Waals surface area contributed by atoms with Crippen molar-refractivity contribution >= 4 is 27.3 Å². The van der Waals surface area contributed by atoms with Crippen LogP contribution < -0.4 is 4.74 Å². The zero-order chi connectivity index (χ0) is 16.2. The molecular weight excluding hydrogens is 288 g/mol. The van der Waals surface area contributed by atoms with E-state index in [1.165, 1.54) is 0 Å². The van der Waals surface area contributed by atoms with Crippen LogP contribution in [0.2, 0.25) is 0 Å². The summed E-state index contributed by atoms with van der Waals surface area (Å²) >= 11 is 0. The molecule has 0 fully saturated rings. The predicted molar refractivity (Wildman–Crippen MR) is 91.3 cm³/mol. The van der Waals surface area contributed by atoms with E-state index >= 15 is 0 Å². The Bertz CT molecular complexity index is 954. The van der Waals surface area contributed by atoms with Gasteiger partial charge in [0.1, 0.15) is 5.75 Å². The van der Waals surface area contributed by atoms with E-state index < -0.39 is 5.60 Å². The van der Waals surface area contributed by atoms with Crippen LogP contribution in [0, 0.1) is 0 Å². The van der Waals surface area contributed by atoms with Crippen molar-refractivity contribution in [1.82, 2.24) is 0 Å². The van der Waals surface area contributed by atoms with Gasteiger partial charge in [-0.15, -0.1) is 0 Å². The molecule has 1 aliphatic carbocycles. The van der Waals surface area contributed by atoms with Crippen molar-refractivity contribution in [1.29, 1.82) is 0 Å². The Hall–Kier alpha value is -2.39. The largest absolute Gasteiger partial charge is 0.496 e. The van der Waals surface area contributed by atoms with Gasteiger partial charge >= 0.3 is 0 Å². The Morgan fingerprint density at radius 2 is 1.78 bits per heavy atom. The van der Waals surface area contributed by atoms with E-state index in [9.17, 15) is 9.90 Å². The third kappa shape index (κ3) is 2.20. The molecule has 1 atom stereocenters. The summed E-state index contributed by atoms with van der Waals surface area (Å²) in [5, 5.41) is 14.3. The highest BCUT2D eigenvalue weighted by molar-refractivity contribution is 6.14. The van der Waals surface area contributed by atoms with Crippen molar-refractivity contribution in [2.24, 2.45) is 0 Å². The van der Waals surface area contributed by atoms with Crippen LogP contribution in [0.4, 0.5) is 0 Å². The smallest absolute Gasteiger partial charge is 0.166 e. The highest BCUT2D eigenvalue weighted by Crippen LogP contribution is 2.36. The van der Waals surface area contributed by atoms with Crippen molar-refractivity contribution in [2.45, 2.75) is 25.4 Å². The Balaban J connectivity index is 2.05. The molecule has 1 N–H and O–H groups in total. The fourth-order valence-electron chi connectivity index (χ4n) is 3.68. The maximum Gasteiger partial charge on any atom is 0.166 e. The van der Waals surface area contributed by atoms with Crippen LogP contribution in [0.1, 0.15) is 29.3 Å². The SMILES string of the molecule is COc1cccc2cc3c4c(ccc3cc12)C[C@@](C)(O)CC4=O. The molecule has 4 rings (SSSR count). The number of rotatable bonds is 1. The van der Waals surface area contributed by atoms with E-state index in [1.54, 1.807) is 14.0 Å². The minimum atomic E-state index is -0.947. The molecule has 3 heteroatoms. The molecule has 0 unspecified atom stereocenters. The second kappa shape index (κ2) is 4.80. The van der Waals surface area contributed by atoms with Gasteiger partial charge in [-0.2, -0.15) is 0 Å². The van der Waals surface area contributed by atoms with Gasteiger partial charge in [-0.3, -0.25) is 4.79 Å². The van der Waals surface area contributed by atoms with Gasteiger partial charge in [0.15, 0.2) is 5.78 Å². The summed E-state index contributed by atoms with van der Waals surface area (Å²) in [5.41, 5.74) is 0.748. The minimum absolute atomic E-state index is 0.0177. The fourth-order valence-corrected chi connectivity index (χ4v) is 3.68. The summed E-state index contributed by atoms with van der Waals surface area (Å²) in [6, 6.07) is 14.0. The van der Waals surface area contributed by atoms with Crippen LogP contribution in [0.3, 0.4) is 0 Å². The lowest BCUT2D eigenvalue weighted by atomic mass is 9.78. The topological polar surface area (TPSA) is 46.5 Å². The first-order valence-electron chi connectivity index (χ1n) is 7.76. The van der Waals surface area contributed by atoms with E-state index in [0.717, 1.165) is 38.4 Å². The minimum Gasteiger partial charge on any atom is -0.496 e. The van der Waals surface area contributed by atoms with Gasteiger partial charge in [0.25, 0.3) is 0 Å². The van der Waals surface area contributed by atoms with Crippen molar-refractivity contribution in [3.05, 3.63) is 53.6 Å². The number of benzene rings is 3. The maximum atomic E-state index is 12.6. The molecule has 3 nitrogen and oxygen atoms in total. The first-order chi connectivity index (χ1) is 11.0. The number of aliphatic hydroxyl groups is 1. The Morgan fingerprint density at radius 1 is 1.04 bits per heavy atom. The third-order valence-electron chi connectivity index (χ3n) is 4.68. The van der Waals surface area contributed by atoms with Crippen LogP contribution in [0.15, 0.2) is 42.5 Å². The highest BCUT2D eigenvalue weighted by atomic mass is 16.5. The molecule has 0 amide bonds. The molecule has 0 aliphatic heterocycles. The number of hydrogen-bond donors (Lipinski definition) is 1. The second-order valence-corrected chi connectivity index (χ2v) is 6.63. The summed E-state index contributed by atoms with van der Waals surface area (Å²) in [5.74, 6) is 0.848. The Morgan fingerprint density at radius 3 is 2.57 bits per heavy atom. The zero-order valence-corrected chi connectivity index (χ0v) is 13.2. The number of hydrogen-bond acceptors (Lipinski definition) is 3. The molecule has 0 spiro atoms. The molecule has 0 saturated carbocycles. The summed E-state index contributed by atoms with van der Waals surface area (Å²) in [6.07, 6.45) is 0.690. The molecule has 3 aromatic rings. The average molecular weight is 306 g/mol. The van der Waals surface area contributed by atoms with Crippen LogP contribution in [-0.4, -0.2) is 23.6 Å². The van der Waals surface area contributed by atoms with Crippen LogP contribution in [0.5, 0.6) is 5.75 Å². The molecule has 0 saturated heterocycles. The molecule has 3 aromatic carbocycles. The molecule has 23 heavy (non-hydrogen) atoms. The number of fused-ring (bicyclic) bond motifs is 4. The van der Waals surface area contributed by atoms with E-state index in [1.807, 2.05) is 30.3 Å². The van der Waals surface area contributed by atoms with Crippen LogP contribution >= 0.6 is 0 Å². The summed E-state index contributed by atoms with van der Waals surface area (Å²) in [4.78, 5) is 12.6. The van der Waals surface area contributed by atoms with Crippen molar-refractivity contribution in [2.75, 3.05) is 7.11 Å². The van der Waals surface area contributed by atoms with E-state index in [2.05, 4.69) is 12.1 Å². The first kappa shape index (κ1) is 14.2. The molecule has 116 valence electrons. The maximum absolute atomic E-state index is 12.6. The normalized spacial score (nSPS) is 20.7. The predicted octanol–water partition coefficient (Wildman–Crippen LogP) is 3.88. The quantitative estimate of drug-likeness (QED) is 0.694. The Labute approximate surface area is 134 Å². The van der Waals surface area contributed by atoms with Crippen molar-refractivity contribution in [3.63, 3.8) is 0 Å². The zero-order valence-electron chi connectivity index (χ0n) is 13.2. The monoisotopic (exact) mass is 306 g/mol. The first-order valence-corrected chi connectivity index (χ1v) is 7.76. The lowest BCUT2D eigenvalue weighted by Crippen LogP contribution is -2.35. The number of ketones is 1. The average Bonchev–Trinajstić information content (AvgIpc) is 2.50. The van der Waals surface area contributed by atoms with Gasteiger partial charge in [-0.05, 0) is 46.8 Å². The molecular formula is C20H18O3. The highest BCUT2D eigenvalue weighted by Gasteiger charge is 2.33. The number of methoxy groups -OCH3 is 1. The van der Waals surface area contributed by atoms with E-state index in [4.69, 9.17) is 4.74 Å². The molecule has 1 aliphatic rings. The second-order valence-electron chi connectivity index (χ2n) is 6.63. The molecule has 0 bridgehead atoms. The molecule has 0 heterocycles. The molecule has 0 radical (unpaired) electrons. The van der Waals surface area contributed by atoms with Gasteiger partial charge in [0.2, 0.25) is 0 Å². The number of carbonyl (C=O) groups is 1. The Kier molecular flexibility index (Phi) is 2.97. The summed E-state index contributed by atoms with van der Waals surface area (Å²) in [7, 11) is 1.66. The van der Waals surface area contributed by atoms with Gasteiger partial charge in [0.05, 0.1) is 12.7 Å². The lowest BCUT2D eigenvalue weighted by molar-refractivity contribution is 0.0413. The van der Waals surface area contributed by atoms with Gasteiger partial charge in [0, 0.05) is 23.8 Å². The third-order valence-corrected chi connectivity index (χ3v) is 4.68. The van der Waals surface area contributed by atoms with Gasteiger partial charge in [-0.1, -0.05) is 24.3 Å². The standard InChI is InChI=1S/C20H18O3/c1-20(22)10-14-7-6-13-8-15-12(4-3-5-18(15)23-2)9-16(13)19(14)17(21)11-20/h3-9,22H,10-11H2,1-2H3/t20-/m1/s1. The van der Waals surface area contributed by atoms with E-state index in [-0.39, 0.29) is 12.2 Å². The van der Waals surface area contributed by atoms with Crippen molar-refractivity contribution < 1.29 is 14.6 Å². The summed E-state index contributed by atoms with van der Waals surface area (Å²) < 4.78 is 5.44.